The lowest BCUT2D eigenvalue weighted by atomic mass is 10.1. The van der Waals surface area contributed by atoms with Crippen LogP contribution >= 0.6 is 0 Å². The van der Waals surface area contributed by atoms with Gasteiger partial charge in [0.05, 0.1) is 18.1 Å². The Morgan fingerprint density at radius 2 is 2.20 bits per heavy atom. The minimum absolute atomic E-state index is 0.0979. The Labute approximate surface area is 117 Å². The second-order valence-electron chi connectivity index (χ2n) is 4.52. The number of amides is 1. The fourth-order valence-electron chi connectivity index (χ4n) is 1.55. The highest BCUT2D eigenvalue weighted by molar-refractivity contribution is 5.96. The van der Waals surface area contributed by atoms with Crippen molar-refractivity contribution in [3.8, 4) is 0 Å². The van der Waals surface area contributed by atoms with Gasteiger partial charge in [0.25, 0.3) is 11.6 Å². The molecule has 0 atom stereocenters. The Bertz CT molecular complexity index is 526. The van der Waals surface area contributed by atoms with Crippen LogP contribution in [-0.2, 0) is 4.74 Å². The van der Waals surface area contributed by atoms with Gasteiger partial charge in [-0.15, -0.1) is 0 Å². The molecule has 0 aromatic heterocycles. The summed E-state index contributed by atoms with van der Waals surface area (Å²) in [6, 6.07) is 4.21. The van der Waals surface area contributed by atoms with Crippen LogP contribution in [0.1, 0.15) is 22.8 Å². The molecule has 6 nitrogen and oxygen atoms in total. The molecule has 0 spiro atoms. The van der Waals surface area contributed by atoms with Gasteiger partial charge in [-0.25, -0.2) is 0 Å². The fraction of sp³-hybridized carbons (Fsp3) is 0.357. The lowest BCUT2D eigenvalue weighted by molar-refractivity contribution is -0.384. The third kappa shape index (κ3) is 4.81. The fourth-order valence-corrected chi connectivity index (χ4v) is 1.55. The molecule has 108 valence electrons. The van der Waals surface area contributed by atoms with E-state index >= 15 is 0 Å². The number of nitro benzene ring substituents is 1. The van der Waals surface area contributed by atoms with E-state index in [2.05, 4.69) is 11.9 Å². The first kappa shape index (κ1) is 15.8. The Hall–Kier alpha value is -2.21. The van der Waals surface area contributed by atoms with Crippen molar-refractivity contribution in [1.29, 1.82) is 0 Å². The second-order valence-corrected chi connectivity index (χ2v) is 4.52. The SMILES string of the molecule is C=C(C)COCCNC(=O)c1cc([N+](=O)[O-])ccc1C. The van der Waals surface area contributed by atoms with E-state index in [4.69, 9.17) is 4.74 Å². The summed E-state index contributed by atoms with van der Waals surface area (Å²) in [4.78, 5) is 22.1. The molecule has 0 saturated heterocycles. The Morgan fingerprint density at radius 3 is 2.80 bits per heavy atom. The first-order valence-corrected chi connectivity index (χ1v) is 6.17. The van der Waals surface area contributed by atoms with Crippen molar-refractivity contribution in [2.45, 2.75) is 13.8 Å². The first-order valence-electron chi connectivity index (χ1n) is 6.17. The molecule has 0 radical (unpaired) electrons. The highest BCUT2D eigenvalue weighted by Crippen LogP contribution is 2.17. The number of non-ortho nitro benzene ring substituents is 1. The summed E-state index contributed by atoms with van der Waals surface area (Å²) >= 11 is 0. The number of hydrogen-bond donors (Lipinski definition) is 1. The lowest BCUT2D eigenvalue weighted by Crippen LogP contribution is -2.28. The van der Waals surface area contributed by atoms with Gasteiger partial charge in [0, 0.05) is 24.2 Å². The molecular weight excluding hydrogens is 260 g/mol. The Morgan fingerprint density at radius 1 is 1.50 bits per heavy atom. The minimum Gasteiger partial charge on any atom is -0.375 e. The molecule has 1 N–H and O–H groups in total. The predicted molar refractivity (Wildman–Crippen MR) is 75.8 cm³/mol. The number of benzene rings is 1. The molecule has 0 heterocycles. The molecule has 0 fully saturated rings. The number of aryl methyl sites for hydroxylation is 1. The van der Waals surface area contributed by atoms with Crippen LogP contribution in [0.4, 0.5) is 5.69 Å². The van der Waals surface area contributed by atoms with Gasteiger partial charge >= 0.3 is 0 Å². The normalized spacial score (nSPS) is 10.1. The maximum absolute atomic E-state index is 11.9. The van der Waals surface area contributed by atoms with Crippen LogP contribution in [0, 0.1) is 17.0 Å². The standard InChI is InChI=1S/C14H18N2O4/c1-10(2)9-20-7-6-15-14(17)13-8-12(16(18)19)5-4-11(13)3/h4-5,8H,1,6-7,9H2,2-3H3,(H,15,17). The molecule has 6 heteroatoms. The van der Waals surface area contributed by atoms with Crippen LogP contribution in [-0.4, -0.2) is 30.6 Å². The van der Waals surface area contributed by atoms with E-state index in [0.29, 0.717) is 30.9 Å². The van der Waals surface area contributed by atoms with E-state index < -0.39 is 4.92 Å². The number of rotatable bonds is 7. The number of carbonyl (C=O) groups is 1. The molecule has 0 bridgehead atoms. The van der Waals surface area contributed by atoms with Crippen LogP contribution in [0.2, 0.25) is 0 Å². The van der Waals surface area contributed by atoms with Gasteiger partial charge in [0.1, 0.15) is 0 Å². The molecule has 0 aliphatic rings. The van der Waals surface area contributed by atoms with Gasteiger partial charge in [-0.05, 0) is 19.4 Å². The van der Waals surface area contributed by atoms with E-state index in [9.17, 15) is 14.9 Å². The van der Waals surface area contributed by atoms with Gasteiger partial charge in [-0.2, -0.15) is 0 Å². The quantitative estimate of drug-likeness (QED) is 0.359. The molecule has 0 aliphatic carbocycles. The molecule has 0 unspecified atom stereocenters. The zero-order chi connectivity index (χ0) is 15.1. The van der Waals surface area contributed by atoms with E-state index in [1.54, 1.807) is 13.0 Å². The first-order chi connectivity index (χ1) is 9.41. The van der Waals surface area contributed by atoms with Crippen LogP contribution in [0.3, 0.4) is 0 Å². The predicted octanol–water partition coefficient (Wildman–Crippen LogP) is 2.23. The molecule has 1 aromatic carbocycles. The van der Waals surface area contributed by atoms with Crippen molar-refractivity contribution in [2.24, 2.45) is 0 Å². The second kappa shape index (κ2) is 7.40. The van der Waals surface area contributed by atoms with Gasteiger partial charge < -0.3 is 10.1 Å². The Balaban J connectivity index is 2.57. The molecule has 1 amide bonds. The summed E-state index contributed by atoms with van der Waals surface area (Å²) in [7, 11) is 0. The summed E-state index contributed by atoms with van der Waals surface area (Å²) < 4.78 is 5.25. The van der Waals surface area contributed by atoms with Gasteiger partial charge in [0.2, 0.25) is 0 Å². The molecular formula is C14H18N2O4. The van der Waals surface area contributed by atoms with Gasteiger partial charge in [-0.3, -0.25) is 14.9 Å². The highest BCUT2D eigenvalue weighted by atomic mass is 16.6. The van der Waals surface area contributed by atoms with Crippen molar-refractivity contribution >= 4 is 11.6 Å². The topological polar surface area (TPSA) is 81.5 Å². The average molecular weight is 278 g/mol. The minimum atomic E-state index is -0.522. The maximum atomic E-state index is 11.9. The van der Waals surface area contributed by atoms with E-state index in [-0.39, 0.29) is 11.6 Å². The largest absolute Gasteiger partial charge is 0.375 e. The monoisotopic (exact) mass is 278 g/mol. The number of ether oxygens (including phenoxy) is 1. The summed E-state index contributed by atoms with van der Waals surface area (Å²) in [5.41, 5.74) is 1.81. The molecule has 0 saturated carbocycles. The van der Waals surface area contributed by atoms with Crippen molar-refractivity contribution < 1.29 is 14.5 Å². The van der Waals surface area contributed by atoms with Crippen molar-refractivity contribution in [2.75, 3.05) is 19.8 Å². The van der Waals surface area contributed by atoms with Crippen molar-refractivity contribution in [3.63, 3.8) is 0 Å². The number of nitrogens with zero attached hydrogens (tertiary/aromatic N) is 1. The van der Waals surface area contributed by atoms with E-state index in [0.717, 1.165) is 5.57 Å². The number of carbonyl (C=O) groups excluding carboxylic acids is 1. The van der Waals surface area contributed by atoms with E-state index in [1.165, 1.54) is 12.1 Å². The lowest BCUT2D eigenvalue weighted by Gasteiger charge is -2.08. The smallest absolute Gasteiger partial charge is 0.270 e. The molecule has 1 aromatic rings. The van der Waals surface area contributed by atoms with Crippen LogP contribution in [0.5, 0.6) is 0 Å². The third-order valence-electron chi connectivity index (χ3n) is 2.56. The van der Waals surface area contributed by atoms with Crippen molar-refractivity contribution in [1.82, 2.24) is 5.32 Å². The summed E-state index contributed by atoms with van der Waals surface area (Å²) in [6.45, 7) is 8.44. The Kier molecular flexibility index (Phi) is 5.86. The maximum Gasteiger partial charge on any atom is 0.270 e. The zero-order valence-corrected chi connectivity index (χ0v) is 11.6. The summed E-state index contributed by atoms with van der Waals surface area (Å²) in [5, 5.41) is 13.4. The van der Waals surface area contributed by atoms with Crippen LogP contribution in [0.15, 0.2) is 30.4 Å². The van der Waals surface area contributed by atoms with Crippen LogP contribution in [0.25, 0.3) is 0 Å². The van der Waals surface area contributed by atoms with Gasteiger partial charge in [0.15, 0.2) is 0 Å². The number of hydrogen-bond acceptors (Lipinski definition) is 4. The van der Waals surface area contributed by atoms with E-state index in [1.807, 2.05) is 6.92 Å². The summed E-state index contributed by atoms with van der Waals surface area (Å²) in [6.07, 6.45) is 0. The molecule has 1 rings (SSSR count). The number of nitro groups is 1. The average Bonchev–Trinajstić information content (AvgIpc) is 2.37. The third-order valence-corrected chi connectivity index (χ3v) is 2.56. The summed E-state index contributed by atoms with van der Waals surface area (Å²) in [5.74, 6) is -0.342. The highest BCUT2D eigenvalue weighted by Gasteiger charge is 2.14. The number of nitrogens with one attached hydrogen (secondary N) is 1. The van der Waals surface area contributed by atoms with Gasteiger partial charge in [-0.1, -0.05) is 18.2 Å². The molecule has 20 heavy (non-hydrogen) atoms. The van der Waals surface area contributed by atoms with Crippen LogP contribution < -0.4 is 5.32 Å². The van der Waals surface area contributed by atoms with Crippen molar-refractivity contribution in [3.05, 3.63) is 51.6 Å². The zero-order valence-electron chi connectivity index (χ0n) is 11.6. The molecule has 0 aliphatic heterocycles.